The quantitative estimate of drug-likeness (QED) is 0.679. The van der Waals surface area contributed by atoms with Gasteiger partial charge in [0.2, 0.25) is 0 Å². The number of hydrogen-bond donors (Lipinski definition) is 1. The third-order valence-corrected chi connectivity index (χ3v) is 2.64. The molecule has 0 fully saturated rings. The molecule has 1 aromatic heterocycles. The van der Waals surface area contributed by atoms with Crippen LogP contribution in [0.2, 0.25) is 0 Å². The first-order valence-corrected chi connectivity index (χ1v) is 5.06. The molecule has 0 bridgehead atoms. The average Bonchev–Trinajstić information content (AvgIpc) is 2.24. The van der Waals surface area contributed by atoms with Gasteiger partial charge in [-0.05, 0) is 36.8 Å². The lowest BCUT2D eigenvalue weighted by Crippen LogP contribution is -2.13. The molecule has 0 aliphatic carbocycles. The fraction of sp³-hybridized carbons (Fsp3) is 0.667. The minimum Gasteiger partial charge on any atom is -0.362 e. The molecule has 1 heterocycles. The van der Waals surface area contributed by atoms with Crippen LogP contribution in [0.3, 0.4) is 0 Å². The molecule has 0 amide bonds. The van der Waals surface area contributed by atoms with Crippen LogP contribution in [0, 0.1) is 13.8 Å². The molecule has 13 heavy (non-hydrogen) atoms. The van der Waals surface area contributed by atoms with E-state index in [4.69, 9.17) is 0 Å². The Labute approximate surface area is 81.6 Å². The highest BCUT2D eigenvalue weighted by atomic mass is 14.7. The summed E-state index contributed by atoms with van der Waals surface area (Å²) < 4.78 is 0. The van der Waals surface area contributed by atoms with E-state index in [1.54, 1.807) is 0 Å². The van der Waals surface area contributed by atoms with E-state index in [9.17, 15) is 0 Å². The monoisotopic (exact) mass is 179 g/mol. The van der Waals surface area contributed by atoms with Crippen molar-refractivity contribution in [3.05, 3.63) is 22.5 Å². The maximum atomic E-state index is 3.47. The Morgan fingerprint density at radius 2 is 1.69 bits per heavy atom. The number of aromatic nitrogens is 1. The topological polar surface area (TPSA) is 15.8 Å². The zero-order chi connectivity index (χ0) is 10.2. The molecule has 0 aliphatic heterocycles. The van der Waals surface area contributed by atoms with E-state index in [0.29, 0.717) is 0 Å². The summed E-state index contributed by atoms with van der Waals surface area (Å²) in [7, 11) is 0. The maximum absolute atomic E-state index is 3.47. The lowest BCUT2D eigenvalue weighted by molar-refractivity contribution is 0.583. The van der Waals surface area contributed by atoms with Gasteiger partial charge >= 0.3 is 0 Å². The second kappa shape index (κ2) is 3.21. The van der Waals surface area contributed by atoms with Crippen molar-refractivity contribution in [2.75, 3.05) is 0 Å². The van der Waals surface area contributed by atoms with Crippen molar-refractivity contribution in [3.8, 4) is 0 Å². The Kier molecular flexibility index (Phi) is 2.56. The van der Waals surface area contributed by atoms with Crippen molar-refractivity contribution in [1.29, 1.82) is 0 Å². The van der Waals surface area contributed by atoms with Crippen molar-refractivity contribution in [1.82, 2.24) is 4.98 Å². The molecule has 0 spiro atoms. The second-order valence-electron chi connectivity index (χ2n) is 4.83. The third kappa shape index (κ3) is 1.79. The van der Waals surface area contributed by atoms with Crippen LogP contribution in [0.1, 0.15) is 50.2 Å². The van der Waals surface area contributed by atoms with Gasteiger partial charge in [-0.25, -0.2) is 0 Å². The highest BCUT2D eigenvalue weighted by molar-refractivity contribution is 5.40. The first-order valence-electron chi connectivity index (χ1n) is 5.06. The fourth-order valence-electron chi connectivity index (χ4n) is 2.29. The number of H-pyrrole nitrogens is 1. The first-order chi connectivity index (χ1) is 5.88. The zero-order valence-corrected chi connectivity index (χ0v) is 9.71. The first kappa shape index (κ1) is 10.4. The van der Waals surface area contributed by atoms with Gasteiger partial charge in [0.15, 0.2) is 0 Å². The summed E-state index contributed by atoms with van der Waals surface area (Å²) in [6, 6.07) is 0. The molecule has 0 aliphatic rings. The predicted molar refractivity (Wildman–Crippen MR) is 58.3 cm³/mol. The second-order valence-corrected chi connectivity index (χ2v) is 4.83. The van der Waals surface area contributed by atoms with Gasteiger partial charge in [0, 0.05) is 11.4 Å². The van der Waals surface area contributed by atoms with Gasteiger partial charge < -0.3 is 4.98 Å². The van der Waals surface area contributed by atoms with Crippen LogP contribution in [0.4, 0.5) is 0 Å². The van der Waals surface area contributed by atoms with Crippen LogP contribution in [0.5, 0.6) is 0 Å². The number of rotatable bonds is 1. The third-order valence-electron chi connectivity index (χ3n) is 2.64. The smallest absolute Gasteiger partial charge is 0.0179 e. The summed E-state index contributed by atoms with van der Waals surface area (Å²) >= 11 is 0. The van der Waals surface area contributed by atoms with Crippen LogP contribution in [-0.2, 0) is 11.8 Å². The van der Waals surface area contributed by atoms with Crippen LogP contribution < -0.4 is 0 Å². The van der Waals surface area contributed by atoms with E-state index in [2.05, 4.69) is 46.5 Å². The molecule has 0 unspecified atom stereocenters. The van der Waals surface area contributed by atoms with Gasteiger partial charge in [-0.2, -0.15) is 0 Å². The Morgan fingerprint density at radius 3 is 1.92 bits per heavy atom. The summed E-state index contributed by atoms with van der Waals surface area (Å²) in [6.45, 7) is 13.4. The molecule has 0 saturated carbocycles. The highest BCUT2D eigenvalue weighted by Crippen LogP contribution is 2.30. The summed E-state index contributed by atoms with van der Waals surface area (Å²) in [5.41, 5.74) is 5.93. The maximum Gasteiger partial charge on any atom is 0.0179 e. The largest absolute Gasteiger partial charge is 0.362 e. The van der Waals surface area contributed by atoms with Crippen molar-refractivity contribution >= 4 is 0 Å². The van der Waals surface area contributed by atoms with Gasteiger partial charge in [0.25, 0.3) is 0 Å². The highest BCUT2D eigenvalue weighted by Gasteiger charge is 2.21. The van der Waals surface area contributed by atoms with Crippen LogP contribution in [-0.4, -0.2) is 4.98 Å². The molecule has 1 N–H and O–H groups in total. The minimum atomic E-state index is 0.262. The van der Waals surface area contributed by atoms with E-state index < -0.39 is 0 Å². The van der Waals surface area contributed by atoms with E-state index in [1.165, 1.54) is 22.5 Å². The molecule has 0 radical (unpaired) electrons. The summed E-state index contributed by atoms with van der Waals surface area (Å²) in [6.07, 6.45) is 1.10. The van der Waals surface area contributed by atoms with Gasteiger partial charge in [0.05, 0.1) is 0 Å². The van der Waals surface area contributed by atoms with Crippen molar-refractivity contribution in [2.24, 2.45) is 0 Å². The Bertz CT molecular complexity index is 300. The van der Waals surface area contributed by atoms with E-state index in [1.807, 2.05) is 0 Å². The molecule has 1 rings (SSSR count). The van der Waals surface area contributed by atoms with Gasteiger partial charge in [-0.3, -0.25) is 0 Å². The summed E-state index contributed by atoms with van der Waals surface area (Å²) in [5, 5.41) is 0. The molecule has 1 nitrogen and oxygen atoms in total. The molecule has 1 heteroatoms. The summed E-state index contributed by atoms with van der Waals surface area (Å²) in [5.74, 6) is 0. The molecule has 0 saturated heterocycles. The average molecular weight is 179 g/mol. The Morgan fingerprint density at radius 1 is 1.15 bits per heavy atom. The SMILES string of the molecule is CCc1[nH]c(C)c(C(C)(C)C)c1C. The molecule has 74 valence electrons. The molecule has 1 aromatic rings. The lowest BCUT2D eigenvalue weighted by atomic mass is 9.84. The molecular formula is C12H21N. The Hall–Kier alpha value is -0.720. The molecule has 0 atom stereocenters. The van der Waals surface area contributed by atoms with Crippen LogP contribution in [0.25, 0.3) is 0 Å². The van der Waals surface area contributed by atoms with E-state index >= 15 is 0 Å². The zero-order valence-electron chi connectivity index (χ0n) is 9.71. The predicted octanol–water partition coefficient (Wildman–Crippen LogP) is 3.49. The van der Waals surface area contributed by atoms with E-state index in [0.717, 1.165) is 6.42 Å². The standard InChI is InChI=1S/C12H21N/c1-7-10-8(2)11(9(3)13-10)12(4,5)6/h13H,7H2,1-6H3. The van der Waals surface area contributed by atoms with Crippen LogP contribution >= 0.6 is 0 Å². The van der Waals surface area contributed by atoms with Crippen molar-refractivity contribution in [3.63, 3.8) is 0 Å². The van der Waals surface area contributed by atoms with Crippen molar-refractivity contribution < 1.29 is 0 Å². The lowest BCUT2D eigenvalue weighted by Gasteiger charge is -2.20. The number of aromatic amines is 1. The van der Waals surface area contributed by atoms with Gasteiger partial charge in [-0.1, -0.05) is 27.7 Å². The van der Waals surface area contributed by atoms with Crippen LogP contribution in [0.15, 0.2) is 0 Å². The number of nitrogens with one attached hydrogen (secondary N) is 1. The van der Waals surface area contributed by atoms with Gasteiger partial charge in [0.1, 0.15) is 0 Å². The Balaban J connectivity index is 3.29. The fourth-order valence-corrected chi connectivity index (χ4v) is 2.29. The molecule has 0 aromatic carbocycles. The number of hydrogen-bond acceptors (Lipinski definition) is 0. The van der Waals surface area contributed by atoms with Crippen molar-refractivity contribution in [2.45, 2.75) is 53.4 Å². The minimum absolute atomic E-state index is 0.262. The molecular weight excluding hydrogens is 158 g/mol. The number of aryl methyl sites for hydroxylation is 2. The summed E-state index contributed by atoms with van der Waals surface area (Å²) in [4.78, 5) is 3.47. The normalized spacial score (nSPS) is 12.2. The van der Waals surface area contributed by atoms with E-state index in [-0.39, 0.29) is 5.41 Å². The van der Waals surface area contributed by atoms with Gasteiger partial charge in [-0.15, -0.1) is 0 Å².